The number of amides is 4. The molecule has 2 aliphatic heterocycles. The highest BCUT2D eigenvalue weighted by atomic mass is 19.3. The quantitative estimate of drug-likeness (QED) is 0.138. The van der Waals surface area contributed by atoms with E-state index in [1.807, 2.05) is 0 Å². The summed E-state index contributed by atoms with van der Waals surface area (Å²) in [6.45, 7) is -4.81. The predicted octanol–water partition coefficient (Wildman–Crippen LogP) is 4.86. The highest BCUT2D eigenvalue weighted by Crippen LogP contribution is 2.34. The molecule has 59 heavy (non-hydrogen) atoms. The molecule has 21 heteroatoms. The molecule has 3 unspecified atom stereocenters. The lowest BCUT2D eigenvalue weighted by molar-refractivity contribution is -0.132. The van der Waals surface area contributed by atoms with E-state index in [0.29, 0.717) is 6.92 Å². The van der Waals surface area contributed by atoms with Crippen LogP contribution < -0.4 is 30.1 Å². The molecule has 3 aromatic rings. The van der Waals surface area contributed by atoms with Gasteiger partial charge in [0.05, 0.1) is 29.3 Å². The molecular formula is C38H36F6N6O9. The maximum Gasteiger partial charge on any atom is 0.387 e. The number of hydrazone groups is 2. The number of nitrogens with one attached hydrogen (secondary N) is 2. The predicted molar refractivity (Wildman–Crippen MR) is 196 cm³/mol. The standard InChI is InChI=1S/C38H36F6N6O9/c1-18-29(34(55)49(47-18)22-6-10-24(11-7-22)58-36(39)40)31(53)46-26-15-20(38(2,43)44)4-3-19(26)17-57-33-30(32(54)45-21-5-14-27(51)28(52)16-21)35(56)50(48-33)23-8-12-25(13-9-23)59-37(41)42/h3-4,6-13,15,21,27-30,36-37,51-52H,5,14,16-17H2,1-2H3,(H,45,54)(H,46,53)/t21?,27-,28+,29?,30?/m1/s1. The number of hydrogen-bond acceptors (Lipinski definition) is 11. The van der Waals surface area contributed by atoms with Crippen molar-refractivity contribution >= 4 is 52.3 Å². The van der Waals surface area contributed by atoms with Crippen molar-refractivity contribution in [2.75, 3.05) is 15.3 Å². The van der Waals surface area contributed by atoms with Gasteiger partial charge in [-0.25, -0.2) is 8.78 Å². The van der Waals surface area contributed by atoms with E-state index in [9.17, 15) is 55.7 Å². The third kappa shape index (κ3) is 9.74. The van der Waals surface area contributed by atoms with Crippen LogP contribution in [0.1, 0.15) is 44.2 Å². The van der Waals surface area contributed by atoms with Gasteiger partial charge >= 0.3 is 13.2 Å². The number of alkyl halides is 6. The highest BCUT2D eigenvalue weighted by molar-refractivity contribution is 6.29. The summed E-state index contributed by atoms with van der Waals surface area (Å²) >= 11 is 0. The molecule has 1 saturated carbocycles. The number of anilines is 3. The van der Waals surface area contributed by atoms with Crippen LogP contribution in [0.15, 0.2) is 76.9 Å². The van der Waals surface area contributed by atoms with Crippen molar-refractivity contribution in [2.45, 2.75) is 77.1 Å². The molecular weight excluding hydrogens is 798 g/mol. The van der Waals surface area contributed by atoms with Crippen LogP contribution in [0.2, 0.25) is 0 Å². The Morgan fingerprint density at radius 3 is 1.92 bits per heavy atom. The van der Waals surface area contributed by atoms with Crippen molar-refractivity contribution in [1.82, 2.24) is 5.32 Å². The third-order valence-corrected chi connectivity index (χ3v) is 9.55. The van der Waals surface area contributed by atoms with Gasteiger partial charge in [-0.15, -0.1) is 5.10 Å². The average molecular weight is 835 g/mol. The Hall–Kier alpha value is -6.22. The van der Waals surface area contributed by atoms with Gasteiger partial charge in [0, 0.05) is 29.8 Å². The summed E-state index contributed by atoms with van der Waals surface area (Å²) in [5.41, 5.74) is -0.601. The number of rotatable bonds is 13. The van der Waals surface area contributed by atoms with Crippen molar-refractivity contribution in [3.8, 4) is 11.5 Å². The number of carbonyl (C=O) groups excluding carboxylic acids is 4. The minimum atomic E-state index is -3.40. The van der Waals surface area contributed by atoms with Crippen LogP contribution in [0.5, 0.6) is 11.5 Å². The minimum absolute atomic E-state index is 0.0109. The number of benzene rings is 3. The molecule has 15 nitrogen and oxygen atoms in total. The van der Waals surface area contributed by atoms with Gasteiger partial charge < -0.3 is 35.1 Å². The Morgan fingerprint density at radius 1 is 0.814 bits per heavy atom. The molecule has 4 amide bonds. The highest BCUT2D eigenvalue weighted by Gasteiger charge is 2.45. The molecule has 1 aliphatic carbocycles. The number of aliphatic hydroxyl groups is 2. The third-order valence-electron chi connectivity index (χ3n) is 9.55. The van der Waals surface area contributed by atoms with Crippen molar-refractivity contribution in [3.05, 3.63) is 77.9 Å². The van der Waals surface area contributed by atoms with E-state index in [-0.39, 0.29) is 59.1 Å². The number of ether oxygens (including phenoxy) is 3. The lowest BCUT2D eigenvalue weighted by Crippen LogP contribution is -2.49. The first kappa shape index (κ1) is 42.4. The fourth-order valence-electron chi connectivity index (χ4n) is 6.54. The van der Waals surface area contributed by atoms with Crippen LogP contribution >= 0.6 is 0 Å². The van der Waals surface area contributed by atoms with Gasteiger partial charge in [-0.1, -0.05) is 12.1 Å². The molecule has 0 spiro atoms. The number of nitrogens with zero attached hydrogens (tertiary/aromatic N) is 4. The van der Waals surface area contributed by atoms with E-state index in [0.717, 1.165) is 34.3 Å². The molecule has 0 saturated heterocycles. The summed E-state index contributed by atoms with van der Waals surface area (Å²) in [6.07, 6.45) is -1.75. The maximum atomic E-state index is 14.6. The summed E-state index contributed by atoms with van der Waals surface area (Å²) < 4.78 is 94.4. The number of aliphatic hydroxyl groups excluding tert-OH is 2. The van der Waals surface area contributed by atoms with Crippen LogP contribution in [0.25, 0.3) is 0 Å². The van der Waals surface area contributed by atoms with Crippen LogP contribution in [0.4, 0.5) is 43.4 Å². The maximum absolute atomic E-state index is 14.6. The molecule has 3 aliphatic rings. The average Bonchev–Trinajstić information content (AvgIpc) is 3.66. The lowest BCUT2D eigenvalue weighted by atomic mass is 9.90. The molecule has 6 rings (SSSR count). The smallest absolute Gasteiger partial charge is 0.387 e. The molecule has 2 heterocycles. The van der Waals surface area contributed by atoms with Gasteiger partial charge in [0.15, 0.2) is 11.8 Å². The second-order valence-electron chi connectivity index (χ2n) is 13.8. The number of hydrogen-bond donors (Lipinski definition) is 4. The van der Waals surface area contributed by atoms with E-state index in [1.54, 1.807) is 0 Å². The fraction of sp³-hybridized carbons (Fsp3) is 0.368. The van der Waals surface area contributed by atoms with Crippen molar-refractivity contribution in [2.24, 2.45) is 22.0 Å². The Kier molecular flexibility index (Phi) is 12.4. The zero-order chi connectivity index (χ0) is 42.8. The van der Waals surface area contributed by atoms with Crippen LogP contribution in [-0.4, -0.2) is 76.9 Å². The molecule has 314 valence electrons. The first-order valence-electron chi connectivity index (χ1n) is 17.9. The Bertz CT molecular complexity index is 2130. The number of carbonyl (C=O) groups is 4. The van der Waals surface area contributed by atoms with Crippen LogP contribution in [0, 0.1) is 11.8 Å². The van der Waals surface area contributed by atoms with E-state index >= 15 is 0 Å². The van der Waals surface area contributed by atoms with Gasteiger partial charge in [0.25, 0.3) is 17.7 Å². The monoisotopic (exact) mass is 834 g/mol. The van der Waals surface area contributed by atoms with Crippen molar-refractivity contribution in [3.63, 3.8) is 0 Å². The molecule has 5 atom stereocenters. The van der Waals surface area contributed by atoms with Crippen LogP contribution in [-0.2, 0) is 36.4 Å². The SMILES string of the molecule is CC1=NN(c2ccc(OC(F)F)cc2)C(=O)C1C(=O)Nc1cc(C(C)(F)F)ccc1COC1=NN(c2ccc(OC(F)F)cc2)C(=O)C1C(=O)NC1CC[C@@H](O)[C@@H](O)C1. The van der Waals surface area contributed by atoms with E-state index in [1.165, 1.54) is 49.4 Å². The summed E-state index contributed by atoms with van der Waals surface area (Å²) in [6, 6.07) is 12.1. The van der Waals surface area contributed by atoms with Crippen molar-refractivity contribution in [1.29, 1.82) is 0 Å². The zero-order valence-electron chi connectivity index (χ0n) is 31.0. The summed E-state index contributed by atoms with van der Waals surface area (Å²) in [5.74, 6) is -11.3. The second-order valence-corrected chi connectivity index (χ2v) is 13.8. The Balaban J connectivity index is 1.24. The summed E-state index contributed by atoms with van der Waals surface area (Å²) in [4.78, 5) is 54.5. The minimum Gasteiger partial charge on any atom is -0.474 e. The molecule has 4 N–H and O–H groups in total. The first-order chi connectivity index (χ1) is 27.9. The second kappa shape index (κ2) is 17.3. The van der Waals surface area contributed by atoms with Gasteiger partial charge in [-0.05, 0) is 80.8 Å². The summed E-state index contributed by atoms with van der Waals surface area (Å²) in [5, 5.41) is 35.1. The van der Waals surface area contributed by atoms with Crippen molar-refractivity contribution < 1.29 is 69.9 Å². The van der Waals surface area contributed by atoms with Crippen LogP contribution in [0.3, 0.4) is 0 Å². The van der Waals surface area contributed by atoms with Gasteiger partial charge in [0.1, 0.15) is 18.1 Å². The molecule has 0 bridgehead atoms. The van der Waals surface area contributed by atoms with E-state index in [2.05, 4.69) is 30.3 Å². The topological polar surface area (TPSA) is 192 Å². The molecule has 0 radical (unpaired) electrons. The normalized spacial score (nSPS) is 22.1. The molecule has 1 fully saturated rings. The van der Waals surface area contributed by atoms with Gasteiger partial charge in [0.2, 0.25) is 17.7 Å². The lowest BCUT2D eigenvalue weighted by Gasteiger charge is -2.31. The molecule has 0 aromatic heterocycles. The first-order valence-corrected chi connectivity index (χ1v) is 17.9. The largest absolute Gasteiger partial charge is 0.474 e. The Labute approximate surface area is 331 Å². The summed E-state index contributed by atoms with van der Waals surface area (Å²) in [7, 11) is 0. The Morgan fingerprint density at radius 2 is 1.37 bits per heavy atom. The van der Waals surface area contributed by atoms with E-state index in [4.69, 9.17) is 4.74 Å². The fourth-order valence-corrected chi connectivity index (χ4v) is 6.54. The zero-order valence-corrected chi connectivity index (χ0v) is 31.0. The molecule has 3 aromatic carbocycles. The van der Waals surface area contributed by atoms with Gasteiger partial charge in [-0.3, -0.25) is 19.2 Å². The van der Waals surface area contributed by atoms with Gasteiger partial charge in [-0.2, -0.15) is 32.7 Å². The number of halogens is 6. The van der Waals surface area contributed by atoms with E-state index < -0.39 is 90.9 Å².